The summed E-state index contributed by atoms with van der Waals surface area (Å²) in [6.07, 6.45) is 0. The minimum Gasteiger partial charge on any atom is -0.368 e. The van der Waals surface area contributed by atoms with E-state index in [1.165, 1.54) is 11.3 Å². The van der Waals surface area contributed by atoms with Gasteiger partial charge in [0.25, 0.3) is 5.91 Å². The van der Waals surface area contributed by atoms with Crippen LogP contribution < -0.4 is 11.1 Å². The number of aromatic nitrogens is 1. The third-order valence-electron chi connectivity index (χ3n) is 3.32. The van der Waals surface area contributed by atoms with E-state index in [4.69, 9.17) is 5.73 Å². The van der Waals surface area contributed by atoms with E-state index in [1.807, 2.05) is 60.7 Å². The van der Waals surface area contributed by atoms with Crippen LogP contribution in [-0.4, -0.2) is 23.3 Å². The molecule has 3 aromatic rings. The number of nitrogens with one attached hydrogen (secondary N) is 1. The van der Waals surface area contributed by atoms with Gasteiger partial charge in [0.2, 0.25) is 5.91 Å². The Kier molecular flexibility index (Phi) is 4.67. The van der Waals surface area contributed by atoms with Gasteiger partial charge in [-0.25, -0.2) is 4.98 Å². The van der Waals surface area contributed by atoms with Crippen LogP contribution in [0.15, 0.2) is 60.7 Å². The van der Waals surface area contributed by atoms with Gasteiger partial charge in [-0.15, -0.1) is 11.3 Å². The molecule has 0 fully saturated rings. The molecule has 0 aliphatic carbocycles. The van der Waals surface area contributed by atoms with E-state index in [9.17, 15) is 9.59 Å². The van der Waals surface area contributed by atoms with Crippen molar-refractivity contribution in [3.05, 3.63) is 65.5 Å². The summed E-state index contributed by atoms with van der Waals surface area (Å²) in [6.45, 7) is -0.203. The summed E-state index contributed by atoms with van der Waals surface area (Å²) in [4.78, 5) is 28.5. The summed E-state index contributed by atoms with van der Waals surface area (Å²) in [7, 11) is 0. The molecule has 0 saturated heterocycles. The van der Waals surface area contributed by atoms with Gasteiger partial charge in [-0.05, 0) is 0 Å². The van der Waals surface area contributed by atoms with Gasteiger partial charge in [0, 0.05) is 11.1 Å². The zero-order valence-electron chi connectivity index (χ0n) is 12.7. The maximum Gasteiger partial charge on any atom is 0.264 e. The number of hydrogen-bond acceptors (Lipinski definition) is 4. The third kappa shape index (κ3) is 3.49. The molecule has 0 spiro atoms. The maximum atomic E-state index is 12.4. The third-order valence-corrected chi connectivity index (χ3v) is 4.43. The number of thiazole rings is 1. The van der Waals surface area contributed by atoms with Gasteiger partial charge in [0.1, 0.15) is 9.88 Å². The first-order valence-electron chi connectivity index (χ1n) is 7.33. The molecule has 3 N–H and O–H groups in total. The molecular formula is C18H15N3O2S. The summed E-state index contributed by atoms with van der Waals surface area (Å²) in [5, 5.41) is 3.28. The summed E-state index contributed by atoms with van der Waals surface area (Å²) >= 11 is 1.29. The molecule has 1 aromatic heterocycles. The Morgan fingerprint density at radius 3 is 2.12 bits per heavy atom. The zero-order chi connectivity index (χ0) is 16.9. The van der Waals surface area contributed by atoms with E-state index in [0.29, 0.717) is 10.6 Å². The molecule has 0 saturated carbocycles. The minimum atomic E-state index is -0.586. The monoisotopic (exact) mass is 337 g/mol. The van der Waals surface area contributed by atoms with Gasteiger partial charge >= 0.3 is 0 Å². The lowest BCUT2D eigenvalue weighted by Crippen LogP contribution is -2.33. The van der Waals surface area contributed by atoms with Gasteiger partial charge in [-0.2, -0.15) is 0 Å². The second-order valence-electron chi connectivity index (χ2n) is 5.08. The predicted octanol–water partition coefficient (Wildman–Crippen LogP) is 2.69. The molecule has 120 valence electrons. The number of nitrogens with two attached hydrogens (primary N) is 1. The Labute approximate surface area is 143 Å². The van der Waals surface area contributed by atoms with E-state index < -0.39 is 5.91 Å². The normalized spacial score (nSPS) is 10.3. The van der Waals surface area contributed by atoms with E-state index >= 15 is 0 Å². The van der Waals surface area contributed by atoms with Crippen LogP contribution in [0.1, 0.15) is 9.67 Å². The number of hydrogen-bond donors (Lipinski definition) is 2. The average Bonchev–Trinajstić information content (AvgIpc) is 3.06. The predicted molar refractivity (Wildman–Crippen MR) is 94.5 cm³/mol. The Bertz CT molecular complexity index is 860. The van der Waals surface area contributed by atoms with Crippen LogP contribution in [-0.2, 0) is 4.79 Å². The second-order valence-corrected chi connectivity index (χ2v) is 6.08. The smallest absolute Gasteiger partial charge is 0.264 e. The van der Waals surface area contributed by atoms with Crippen molar-refractivity contribution in [3.8, 4) is 21.8 Å². The average molecular weight is 337 g/mol. The lowest BCUT2D eigenvalue weighted by atomic mass is 10.1. The van der Waals surface area contributed by atoms with Gasteiger partial charge in [-0.3, -0.25) is 9.59 Å². The van der Waals surface area contributed by atoms with E-state index in [2.05, 4.69) is 10.3 Å². The number of primary amides is 1. The number of rotatable bonds is 5. The van der Waals surface area contributed by atoms with Gasteiger partial charge in [0.05, 0.1) is 12.2 Å². The molecule has 24 heavy (non-hydrogen) atoms. The van der Waals surface area contributed by atoms with Gasteiger partial charge < -0.3 is 11.1 Å². The summed E-state index contributed by atoms with van der Waals surface area (Å²) < 4.78 is 0. The molecule has 2 aromatic carbocycles. The Morgan fingerprint density at radius 2 is 1.54 bits per heavy atom. The molecular weight excluding hydrogens is 322 g/mol. The molecule has 0 atom stereocenters. The van der Waals surface area contributed by atoms with Crippen molar-refractivity contribution in [2.75, 3.05) is 6.54 Å². The molecule has 1 heterocycles. The molecule has 0 radical (unpaired) electrons. The summed E-state index contributed by atoms with van der Waals surface area (Å²) in [6, 6.07) is 19.1. The summed E-state index contributed by atoms with van der Waals surface area (Å²) in [5.41, 5.74) is 7.48. The molecule has 5 nitrogen and oxygen atoms in total. The zero-order valence-corrected chi connectivity index (χ0v) is 13.5. The highest BCUT2D eigenvalue weighted by atomic mass is 32.1. The van der Waals surface area contributed by atoms with Crippen molar-refractivity contribution in [2.24, 2.45) is 5.73 Å². The molecule has 0 unspecified atom stereocenters. The SMILES string of the molecule is NC(=O)CNC(=O)c1sc(-c2ccccc2)nc1-c1ccccc1. The molecule has 0 bridgehead atoms. The van der Waals surface area contributed by atoms with Crippen LogP contribution in [0.4, 0.5) is 0 Å². The topological polar surface area (TPSA) is 85.1 Å². The van der Waals surface area contributed by atoms with Crippen LogP contribution in [0, 0.1) is 0 Å². The molecule has 3 rings (SSSR count). The standard InChI is InChI=1S/C18H15N3O2S/c19-14(22)11-20-17(23)16-15(12-7-3-1-4-8-12)21-18(24-16)13-9-5-2-6-10-13/h1-10H,11H2,(H2,19,22)(H,20,23). The highest BCUT2D eigenvalue weighted by Crippen LogP contribution is 2.33. The van der Waals surface area contributed by atoms with Crippen molar-refractivity contribution in [1.29, 1.82) is 0 Å². The minimum absolute atomic E-state index is 0.203. The largest absolute Gasteiger partial charge is 0.368 e. The quantitative estimate of drug-likeness (QED) is 0.750. The highest BCUT2D eigenvalue weighted by molar-refractivity contribution is 7.17. The first-order valence-corrected chi connectivity index (χ1v) is 8.15. The van der Waals surface area contributed by atoms with Gasteiger partial charge in [0.15, 0.2) is 0 Å². The fraction of sp³-hybridized carbons (Fsp3) is 0.0556. The number of carbonyl (C=O) groups excluding carboxylic acids is 2. The fourth-order valence-electron chi connectivity index (χ4n) is 2.22. The number of amides is 2. The van der Waals surface area contributed by atoms with Crippen molar-refractivity contribution < 1.29 is 9.59 Å². The van der Waals surface area contributed by atoms with E-state index in [-0.39, 0.29) is 12.5 Å². The lowest BCUT2D eigenvalue weighted by molar-refractivity contribution is -0.117. The Balaban J connectivity index is 2.03. The van der Waals surface area contributed by atoms with Crippen LogP contribution in [0.3, 0.4) is 0 Å². The second kappa shape index (κ2) is 7.06. The number of carbonyl (C=O) groups is 2. The van der Waals surface area contributed by atoms with Crippen LogP contribution in [0.25, 0.3) is 21.8 Å². The lowest BCUT2D eigenvalue weighted by Gasteiger charge is -2.03. The summed E-state index contributed by atoms with van der Waals surface area (Å²) in [5.74, 6) is -0.940. The van der Waals surface area contributed by atoms with Crippen LogP contribution in [0.5, 0.6) is 0 Å². The molecule has 0 aliphatic rings. The van der Waals surface area contributed by atoms with Gasteiger partial charge in [-0.1, -0.05) is 60.7 Å². The Morgan fingerprint density at radius 1 is 0.958 bits per heavy atom. The van der Waals surface area contributed by atoms with Crippen molar-refractivity contribution >= 4 is 23.2 Å². The van der Waals surface area contributed by atoms with E-state index in [1.54, 1.807) is 0 Å². The first-order chi connectivity index (χ1) is 11.6. The van der Waals surface area contributed by atoms with E-state index in [0.717, 1.165) is 16.1 Å². The maximum absolute atomic E-state index is 12.4. The molecule has 6 heteroatoms. The molecule has 0 aliphatic heterocycles. The number of benzene rings is 2. The fourth-order valence-corrected chi connectivity index (χ4v) is 3.23. The van der Waals surface area contributed by atoms with Crippen LogP contribution in [0.2, 0.25) is 0 Å². The van der Waals surface area contributed by atoms with Crippen LogP contribution >= 0.6 is 11.3 Å². The van der Waals surface area contributed by atoms with Crippen molar-refractivity contribution in [3.63, 3.8) is 0 Å². The number of nitrogens with zero attached hydrogens (tertiary/aromatic N) is 1. The highest BCUT2D eigenvalue weighted by Gasteiger charge is 2.20. The first kappa shape index (κ1) is 15.9. The van der Waals surface area contributed by atoms with Crippen molar-refractivity contribution in [1.82, 2.24) is 10.3 Å². The van der Waals surface area contributed by atoms with Crippen molar-refractivity contribution in [2.45, 2.75) is 0 Å². The Hall–Kier alpha value is -2.99. The molecule has 2 amide bonds.